The Morgan fingerprint density at radius 3 is 2.52 bits per heavy atom. The molecule has 0 aliphatic carbocycles. The summed E-state index contributed by atoms with van der Waals surface area (Å²) in [6, 6.07) is 14.0. The van der Waals surface area contributed by atoms with Gasteiger partial charge in [-0.1, -0.05) is 43.7 Å². The minimum Gasteiger partial charge on any atom is -0.493 e. The number of unbranched alkanes of at least 4 members (excludes halogenated alkanes) is 1. The molecule has 0 saturated heterocycles. The number of carbonyl (C=O) groups is 2. The zero-order valence-corrected chi connectivity index (χ0v) is 15.4. The Labute approximate surface area is 158 Å². The minimum absolute atomic E-state index is 0.0817. The molecular weight excluding hydrogens is 346 g/mol. The van der Waals surface area contributed by atoms with Crippen molar-refractivity contribution in [2.75, 3.05) is 19.7 Å². The largest absolute Gasteiger partial charge is 0.493 e. The normalized spacial score (nSPS) is 10.3. The van der Waals surface area contributed by atoms with Gasteiger partial charge in [0.1, 0.15) is 5.75 Å². The van der Waals surface area contributed by atoms with Crippen molar-refractivity contribution in [3.05, 3.63) is 54.1 Å². The molecule has 0 unspecified atom stereocenters. The van der Waals surface area contributed by atoms with Gasteiger partial charge in [-0.2, -0.15) is 0 Å². The Balaban J connectivity index is 2.00. The lowest BCUT2D eigenvalue weighted by molar-refractivity contribution is -0.0376. The van der Waals surface area contributed by atoms with Gasteiger partial charge in [0.2, 0.25) is 0 Å². The van der Waals surface area contributed by atoms with Crippen molar-refractivity contribution in [3.8, 4) is 16.9 Å². The standard InChI is InChI=1S/C20H25N3O4/c1-2-3-14-27-18-7-5-4-6-17(18)15-8-10-16(11-9-15)19(24)22-12-13-23(26)20(21)25/h4-11,26H,2-3,12-14H2,1H3,(H2,21,25)(H,22,24). The second kappa shape index (κ2) is 10.2. The maximum Gasteiger partial charge on any atom is 0.338 e. The molecule has 0 saturated carbocycles. The van der Waals surface area contributed by atoms with Crippen LogP contribution in [0.15, 0.2) is 48.5 Å². The van der Waals surface area contributed by atoms with Crippen LogP contribution in [0.25, 0.3) is 11.1 Å². The fourth-order valence-corrected chi connectivity index (χ4v) is 2.45. The van der Waals surface area contributed by atoms with Crippen LogP contribution in [0.4, 0.5) is 4.79 Å². The van der Waals surface area contributed by atoms with E-state index >= 15 is 0 Å². The first-order chi connectivity index (χ1) is 13.0. The van der Waals surface area contributed by atoms with E-state index in [9.17, 15) is 14.8 Å². The van der Waals surface area contributed by atoms with Crippen LogP contribution < -0.4 is 15.8 Å². The van der Waals surface area contributed by atoms with Gasteiger partial charge in [0.05, 0.1) is 13.2 Å². The number of nitrogens with zero attached hydrogens (tertiary/aromatic N) is 1. The fourth-order valence-electron chi connectivity index (χ4n) is 2.45. The molecule has 0 aromatic heterocycles. The van der Waals surface area contributed by atoms with Gasteiger partial charge < -0.3 is 15.8 Å². The summed E-state index contributed by atoms with van der Waals surface area (Å²) < 4.78 is 5.86. The first kappa shape index (κ1) is 20.3. The van der Waals surface area contributed by atoms with Gasteiger partial charge in [-0.25, -0.2) is 9.86 Å². The first-order valence-electron chi connectivity index (χ1n) is 8.89. The average molecular weight is 371 g/mol. The van der Waals surface area contributed by atoms with Crippen LogP contribution in [0.2, 0.25) is 0 Å². The summed E-state index contributed by atoms with van der Waals surface area (Å²) in [6.07, 6.45) is 2.06. The number of urea groups is 1. The van der Waals surface area contributed by atoms with Crippen molar-refractivity contribution in [1.82, 2.24) is 10.4 Å². The van der Waals surface area contributed by atoms with Crippen molar-refractivity contribution < 1.29 is 19.5 Å². The SMILES string of the molecule is CCCCOc1ccccc1-c1ccc(C(=O)NCCN(O)C(N)=O)cc1. The second-order valence-corrected chi connectivity index (χ2v) is 5.99. The number of hydrogen-bond donors (Lipinski definition) is 3. The van der Waals surface area contributed by atoms with Crippen LogP contribution in [0.5, 0.6) is 5.75 Å². The zero-order chi connectivity index (χ0) is 19.6. The summed E-state index contributed by atoms with van der Waals surface area (Å²) in [7, 11) is 0. The van der Waals surface area contributed by atoms with E-state index in [-0.39, 0.29) is 19.0 Å². The number of carbonyl (C=O) groups excluding carboxylic acids is 2. The zero-order valence-electron chi connectivity index (χ0n) is 15.4. The number of primary amides is 1. The maximum absolute atomic E-state index is 12.1. The van der Waals surface area contributed by atoms with Crippen molar-refractivity contribution in [2.45, 2.75) is 19.8 Å². The van der Waals surface area contributed by atoms with Gasteiger partial charge in [0.25, 0.3) is 5.91 Å². The van der Waals surface area contributed by atoms with E-state index in [1.807, 2.05) is 36.4 Å². The van der Waals surface area contributed by atoms with Gasteiger partial charge in [0.15, 0.2) is 0 Å². The number of nitrogens with one attached hydrogen (secondary N) is 1. The van der Waals surface area contributed by atoms with E-state index in [1.54, 1.807) is 12.1 Å². The molecule has 0 bridgehead atoms. The van der Waals surface area contributed by atoms with E-state index in [0.29, 0.717) is 17.2 Å². The molecule has 144 valence electrons. The van der Waals surface area contributed by atoms with E-state index in [1.165, 1.54) is 0 Å². The number of hydrogen-bond acceptors (Lipinski definition) is 4. The smallest absolute Gasteiger partial charge is 0.338 e. The van der Waals surface area contributed by atoms with Crippen molar-refractivity contribution in [3.63, 3.8) is 0 Å². The number of para-hydroxylation sites is 1. The van der Waals surface area contributed by atoms with Gasteiger partial charge in [-0.3, -0.25) is 10.0 Å². The van der Waals surface area contributed by atoms with Crippen LogP contribution >= 0.6 is 0 Å². The Hall–Kier alpha value is -3.06. The predicted molar refractivity (Wildman–Crippen MR) is 103 cm³/mol. The number of hydroxylamine groups is 2. The maximum atomic E-state index is 12.1. The number of ether oxygens (including phenoxy) is 1. The molecule has 2 aromatic carbocycles. The van der Waals surface area contributed by atoms with E-state index in [2.05, 4.69) is 12.2 Å². The van der Waals surface area contributed by atoms with E-state index in [0.717, 1.165) is 29.7 Å². The van der Waals surface area contributed by atoms with Crippen molar-refractivity contribution in [1.29, 1.82) is 0 Å². The highest BCUT2D eigenvalue weighted by molar-refractivity contribution is 5.94. The molecule has 3 amide bonds. The summed E-state index contributed by atoms with van der Waals surface area (Å²) >= 11 is 0. The highest BCUT2D eigenvalue weighted by Gasteiger charge is 2.10. The Morgan fingerprint density at radius 1 is 1.15 bits per heavy atom. The summed E-state index contributed by atoms with van der Waals surface area (Å²) in [5.74, 6) is 0.518. The third-order valence-corrected chi connectivity index (χ3v) is 3.96. The fraction of sp³-hybridized carbons (Fsp3) is 0.300. The van der Waals surface area contributed by atoms with Gasteiger partial charge in [0, 0.05) is 17.7 Å². The molecule has 27 heavy (non-hydrogen) atoms. The quantitative estimate of drug-likeness (QED) is 0.358. The molecule has 0 aliphatic heterocycles. The van der Waals surface area contributed by atoms with Crippen LogP contribution in [0.3, 0.4) is 0 Å². The monoisotopic (exact) mass is 371 g/mol. The molecule has 0 fully saturated rings. The number of nitrogens with two attached hydrogens (primary N) is 1. The summed E-state index contributed by atoms with van der Waals surface area (Å²) in [4.78, 5) is 22.8. The summed E-state index contributed by atoms with van der Waals surface area (Å²) in [5, 5.41) is 12.1. The molecule has 0 atom stereocenters. The number of rotatable bonds is 9. The summed E-state index contributed by atoms with van der Waals surface area (Å²) in [6.45, 7) is 2.79. The molecule has 2 rings (SSSR count). The highest BCUT2D eigenvalue weighted by atomic mass is 16.5. The topological polar surface area (TPSA) is 105 Å². The van der Waals surface area contributed by atoms with Gasteiger partial charge in [-0.15, -0.1) is 0 Å². The minimum atomic E-state index is -0.964. The Kier molecular flexibility index (Phi) is 7.63. The van der Waals surface area contributed by atoms with Crippen molar-refractivity contribution >= 4 is 11.9 Å². The number of benzene rings is 2. The molecular formula is C20H25N3O4. The Bertz CT molecular complexity index is 762. The molecule has 7 nitrogen and oxygen atoms in total. The predicted octanol–water partition coefficient (Wildman–Crippen LogP) is 3.03. The third kappa shape index (κ3) is 6.00. The van der Waals surface area contributed by atoms with Crippen LogP contribution in [-0.4, -0.2) is 41.9 Å². The van der Waals surface area contributed by atoms with Gasteiger partial charge >= 0.3 is 6.03 Å². The van der Waals surface area contributed by atoms with Crippen LogP contribution in [0, 0.1) is 0 Å². The van der Waals surface area contributed by atoms with Crippen LogP contribution in [-0.2, 0) is 0 Å². The molecule has 7 heteroatoms. The third-order valence-electron chi connectivity index (χ3n) is 3.96. The lowest BCUT2D eigenvalue weighted by atomic mass is 10.0. The lowest BCUT2D eigenvalue weighted by Gasteiger charge is -2.13. The molecule has 0 heterocycles. The second-order valence-electron chi connectivity index (χ2n) is 5.99. The molecule has 0 aliphatic rings. The van der Waals surface area contributed by atoms with Crippen LogP contribution in [0.1, 0.15) is 30.1 Å². The molecule has 2 aromatic rings. The molecule has 0 spiro atoms. The van der Waals surface area contributed by atoms with E-state index < -0.39 is 6.03 Å². The highest BCUT2D eigenvalue weighted by Crippen LogP contribution is 2.30. The summed E-state index contributed by atoms with van der Waals surface area (Å²) in [5.41, 5.74) is 7.30. The Morgan fingerprint density at radius 2 is 1.85 bits per heavy atom. The number of amides is 3. The average Bonchev–Trinajstić information content (AvgIpc) is 2.68. The van der Waals surface area contributed by atoms with E-state index in [4.69, 9.17) is 10.5 Å². The molecule has 4 N–H and O–H groups in total. The van der Waals surface area contributed by atoms with Gasteiger partial charge in [-0.05, 0) is 30.2 Å². The first-order valence-corrected chi connectivity index (χ1v) is 8.89. The lowest BCUT2D eigenvalue weighted by Crippen LogP contribution is -2.39. The van der Waals surface area contributed by atoms with Crippen molar-refractivity contribution in [2.24, 2.45) is 5.73 Å². The molecule has 0 radical (unpaired) electrons.